The average molecular weight is 244 g/mol. The highest BCUT2D eigenvalue weighted by atomic mass is 15.2. The first-order valence-electron chi connectivity index (χ1n) is 7.39. The maximum absolute atomic E-state index is 3.24. The highest BCUT2D eigenvalue weighted by Gasteiger charge is 2.28. The van der Waals surface area contributed by atoms with Gasteiger partial charge in [0.15, 0.2) is 0 Å². The lowest BCUT2D eigenvalue weighted by Crippen LogP contribution is -2.22. The van der Waals surface area contributed by atoms with Crippen LogP contribution in [0.5, 0.6) is 0 Å². The summed E-state index contributed by atoms with van der Waals surface area (Å²) < 4.78 is 0. The minimum absolute atomic E-state index is 0.990. The second kappa shape index (κ2) is 5.31. The van der Waals surface area contributed by atoms with Gasteiger partial charge in [0.1, 0.15) is 0 Å². The molecule has 1 aromatic rings. The Labute approximate surface area is 110 Å². The van der Waals surface area contributed by atoms with Crippen molar-refractivity contribution in [3.8, 4) is 0 Å². The molecular formula is C16H24N2. The Kier molecular flexibility index (Phi) is 3.55. The molecule has 1 saturated carbocycles. The highest BCUT2D eigenvalue weighted by Crippen LogP contribution is 2.36. The third kappa shape index (κ3) is 2.54. The molecule has 0 radical (unpaired) electrons. The predicted octanol–water partition coefficient (Wildman–Crippen LogP) is 2.61. The van der Waals surface area contributed by atoms with Crippen LogP contribution in [0.2, 0.25) is 0 Å². The summed E-state index contributed by atoms with van der Waals surface area (Å²) >= 11 is 0. The van der Waals surface area contributed by atoms with E-state index in [1.807, 2.05) is 7.05 Å². The van der Waals surface area contributed by atoms with Crippen LogP contribution in [-0.4, -0.2) is 26.7 Å². The van der Waals surface area contributed by atoms with Gasteiger partial charge < -0.3 is 10.2 Å². The minimum atomic E-state index is 0.990. The van der Waals surface area contributed by atoms with Crippen LogP contribution in [-0.2, 0) is 12.8 Å². The van der Waals surface area contributed by atoms with Crippen molar-refractivity contribution < 1.29 is 0 Å². The number of nitrogens with zero attached hydrogens (tertiary/aromatic N) is 1. The first-order chi connectivity index (χ1) is 8.88. The topological polar surface area (TPSA) is 15.3 Å². The lowest BCUT2D eigenvalue weighted by molar-refractivity contribution is 0.721. The van der Waals surface area contributed by atoms with Crippen LogP contribution in [0.25, 0.3) is 0 Å². The molecule has 0 amide bonds. The van der Waals surface area contributed by atoms with Crippen molar-refractivity contribution in [3.05, 3.63) is 29.3 Å². The van der Waals surface area contributed by atoms with Gasteiger partial charge in [-0.2, -0.15) is 0 Å². The summed E-state index contributed by atoms with van der Waals surface area (Å²) in [6, 6.07) is 6.90. The van der Waals surface area contributed by atoms with Gasteiger partial charge in [-0.3, -0.25) is 0 Å². The summed E-state index contributed by atoms with van der Waals surface area (Å²) in [6.45, 7) is 3.66. The molecular weight excluding hydrogens is 220 g/mol. The molecule has 0 spiro atoms. The van der Waals surface area contributed by atoms with Gasteiger partial charge in [-0.15, -0.1) is 0 Å². The Hall–Kier alpha value is -1.02. The van der Waals surface area contributed by atoms with Gasteiger partial charge >= 0.3 is 0 Å². The number of hydrogen-bond acceptors (Lipinski definition) is 2. The van der Waals surface area contributed by atoms with Crippen LogP contribution in [0, 0.1) is 5.92 Å². The smallest absolute Gasteiger partial charge is 0.0402 e. The summed E-state index contributed by atoms with van der Waals surface area (Å²) in [5.74, 6) is 0.990. The first kappa shape index (κ1) is 12.0. The van der Waals surface area contributed by atoms with Crippen LogP contribution in [0.1, 0.15) is 30.4 Å². The molecule has 98 valence electrons. The molecule has 3 rings (SSSR count). The van der Waals surface area contributed by atoms with Crippen molar-refractivity contribution in [2.45, 2.75) is 32.1 Å². The van der Waals surface area contributed by atoms with Gasteiger partial charge in [-0.1, -0.05) is 12.1 Å². The first-order valence-corrected chi connectivity index (χ1v) is 7.39. The van der Waals surface area contributed by atoms with Crippen molar-refractivity contribution in [2.75, 3.05) is 31.6 Å². The van der Waals surface area contributed by atoms with Crippen LogP contribution < -0.4 is 10.2 Å². The van der Waals surface area contributed by atoms with Crippen LogP contribution in [0.4, 0.5) is 5.69 Å². The molecule has 18 heavy (non-hydrogen) atoms. The molecule has 1 N–H and O–H groups in total. The zero-order valence-electron chi connectivity index (χ0n) is 11.4. The fourth-order valence-corrected chi connectivity index (χ4v) is 3.06. The van der Waals surface area contributed by atoms with E-state index in [9.17, 15) is 0 Å². The SMILES string of the molecule is CNCCCc1cccc2c1CCN2CC1CC1. The van der Waals surface area contributed by atoms with E-state index in [0.717, 1.165) is 12.5 Å². The molecule has 1 aliphatic heterocycles. The Bertz CT molecular complexity index is 410. The van der Waals surface area contributed by atoms with E-state index in [1.54, 1.807) is 11.1 Å². The minimum Gasteiger partial charge on any atom is -0.371 e. The van der Waals surface area contributed by atoms with E-state index in [2.05, 4.69) is 28.4 Å². The van der Waals surface area contributed by atoms with Gasteiger partial charge in [0.05, 0.1) is 0 Å². The second-order valence-corrected chi connectivity index (χ2v) is 5.76. The summed E-state index contributed by atoms with van der Waals surface area (Å²) in [5, 5.41) is 3.24. The van der Waals surface area contributed by atoms with Crippen molar-refractivity contribution >= 4 is 5.69 Å². The molecule has 2 nitrogen and oxygen atoms in total. The van der Waals surface area contributed by atoms with E-state index in [1.165, 1.54) is 50.9 Å². The Balaban J connectivity index is 1.71. The zero-order valence-corrected chi connectivity index (χ0v) is 11.4. The Morgan fingerprint density at radius 1 is 1.33 bits per heavy atom. The molecule has 0 saturated heterocycles. The molecule has 0 aromatic heterocycles. The van der Waals surface area contributed by atoms with Crippen LogP contribution in [0.15, 0.2) is 18.2 Å². The van der Waals surface area contributed by atoms with Gasteiger partial charge in [0.2, 0.25) is 0 Å². The van der Waals surface area contributed by atoms with Gasteiger partial charge in [0.25, 0.3) is 0 Å². The highest BCUT2D eigenvalue weighted by molar-refractivity contribution is 5.61. The summed E-state index contributed by atoms with van der Waals surface area (Å²) in [4.78, 5) is 2.62. The quantitative estimate of drug-likeness (QED) is 0.774. The fraction of sp³-hybridized carbons (Fsp3) is 0.625. The van der Waals surface area contributed by atoms with Crippen molar-refractivity contribution in [1.82, 2.24) is 5.32 Å². The van der Waals surface area contributed by atoms with E-state index in [0.29, 0.717) is 0 Å². The molecule has 0 bridgehead atoms. The number of benzene rings is 1. The number of aryl methyl sites for hydroxylation is 1. The Morgan fingerprint density at radius 3 is 3.00 bits per heavy atom. The monoisotopic (exact) mass is 244 g/mol. The molecule has 1 aliphatic carbocycles. The molecule has 1 fully saturated rings. The van der Waals surface area contributed by atoms with Crippen molar-refractivity contribution in [2.24, 2.45) is 5.92 Å². The van der Waals surface area contributed by atoms with Gasteiger partial charge in [-0.05, 0) is 68.8 Å². The van der Waals surface area contributed by atoms with E-state index >= 15 is 0 Å². The summed E-state index contributed by atoms with van der Waals surface area (Å²) in [6.07, 6.45) is 6.63. The van der Waals surface area contributed by atoms with E-state index in [4.69, 9.17) is 0 Å². The van der Waals surface area contributed by atoms with Gasteiger partial charge in [-0.25, -0.2) is 0 Å². The molecule has 2 heteroatoms. The molecule has 2 aliphatic rings. The van der Waals surface area contributed by atoms with Crippen LogP contribution in [0.3, 0.4) is 0 Å². The predicted molar refractivity (Wildman–Crippen MR) is 77.3 cm³/mol. The lowest BCUT2D eigenvalue weighted by Gasteiger charge is -2.19. The summed E-state index contributed by atoms with van der Waals surface area (Å²) in [7, 11) is 2.03. The normalized spacial score (nSPS) is 18.2. The van der Waals surface area contributed by atoms with E-state index in [-0.39, 0.29) is 0 Å². The van der Waals surface area contributed by atoms with Crippen molar-refractivity contribution in [3.63, 3.8) is 0 Å². The fourth-order valence-electron chi connectivity index (χ4n) is 3.06. The standard InChI is InChI=1S/C16H24N2/c1-17-10-3-5-14-4-2-6-16-15(14)9-11-18(16)12-13-7-8-13/h2,4,6,13,17H,3,5,7-12H2,1H3. The van der Waals surface area contributed by atoms with Crippen molar-refractivity contribution in [1.29, 1.82) is 0 Å². The lowest BCUT2D eigenvalue weighted by atomic mass is 10.0. The maximum Gasteiger partial charge on any atom is 0.0402 e. The van der Waals surface area contributed by atoms with E-state index < -0.39 is 0 Å². The average Bonchev–Trinajstić information content (AvgIpc) is 3.10. The molecule has 0 unspecified atom stereocenters. The van der Waals surface area contributed by atoms with Crippen LogP contribution >= 0.6 is 0 Å². The molecule has 1 heterocycles. The number of fused-ring (bicyclic) bond motifs is 1. The Morgan fingerprint density at radius 2 is 2.22 bits per heavy atom. The maximum atomic E-state index is 3.24. The van der Waals surface area contributed by atoms with Gasteiger partial charge in [0, 0.05) is 18.8 Å². The number of rotatable bonds is 6. The number of nitrogens with one attached hydrogen (secondary N) is 1. The third-order valence-corrected chi connectivity index (χ3v) is 4.27. The number of anilines is 1. The second-order valence-electron chi connectivity index (χ2n) is 5.76. The zero-order chi connectivity index (χ0) is 12.4. The molecule has 1 aromatic carbocycles. The number of hydrogen-bond donors (Lipinski definition) is 1. The largest absolute Gasteiger partial charge is 0.371 e. The molecule has 0 atom stereocenters. The third-order valence-electron chi connectivity index (χ3n) is 4.27. The summed E-state index contributed by atoms with van der Waals surface area (Å²) in [5.41, 5.74) is 4.75.